The van der Waals surface area contributed by atoms with Gasteiger partial charge in [-0.3, -0.25) is 4.79 Å². The topological polar surface area (TPSA) is 45.8 Å². The van der Waals surface area contributed by atoms with E-state index >= 15 is 0 Å². The Morgan fingerprint density at radius 1 is 1.14 bits per heavy atom. The number of ketones is 1. The van der Waals surface area contributed by atoms with Crippen molar-refractivity contribution in [3.8, 4) is 0 Å². The number of carbonyl (C=O) groups is 1. The Labute approximate surface area is 127 Å². The van der Waals surface area contributed by atoms with Gasteiger partial charge in [0.1, 0.15) is 5.82 Å². The van der Waals surface area contributed by atoms with Gasteiger partial charge < -0.3 is 4.98 Å². The van der Waals surface area contributed by atoms with Crippen molar-refractivity contribution < 1.29 is 4.79 Å². The Kier molecular flexibility index (Phi) is 4.06. The SMILES string of the molecule is CSCCc1nc2ccc(C(=O)c3ccccc3)cc2[nH]1. The summed E-state index contributed by atoms with van der Waals surface area (Å²) in [6.07, 6.45) is 3.00. The summed E-state index contributed by atoms with van der Waals surface area (Å²) in [5, 5.41) is 0. The maximum atomic E-state index is 12.4. The van der Waals surface area contributed by atoms with Crippen LogP contribution in [0.1, 0.15) is 21.7 Å². The van der Waals surface area contributed by atoms with Crippen LogP contribution < -0.4 is 0 Å². The van der Waals surface area contributed by atoms with Crippen LogP contribution in [0.25, 0.3) is 11.0 Å². The van der Waals surface area contributed by atoms with Gasteiger partial charge in [-0.1, -0.05) is 30.3 Å². The van der Waals surface area contributed by atoms with Crippen LogP contribution in [0.4, 0.5) is 0 Å². The fourth-order valence-corrected chi connectivity index (χ4v) is 2.67. The number of thioether (sulfide) groups is 1. The van der Waals surface area contributed by atoms with Crippen LogP contribution in [0.3, 0.4) is 0 Å². The highest BCUT2D eigenvalue weighted by Gasteiger charge is 2.10. The van der Waals surface area contributed by atoms with E-state index in [1.807, 2.05) is 48.5 Å². The van der Waals surface area contributed by atoms with Crippen molar-refractivity contribution in [2.45, 2.75) is 6.42 Å². The standard InChI is InChI=1S/C17H16N2OS/c1-21-10-9-16-18-14-8-7-13(11-15(14)19-16)17(20)12-5-3-2-4-6-12/h2-8,11H,9-10H2,1H3,(H,18,19). The van der Waals surface area contributed by atoms with E-state index in [1.54, 1.807) is 11.8 Å². The molecule has 1 heterocycles. The lowest BCUT2D eigenvalue weighted by molar-refractivity contribution is 0.103. The first-order chi connectivity index (χ1) is 10.3. The number of rotatable bonds is 5. The van der Waals surface area contributed by atoms with Crippen molar-refractivity contribution in [2.75, 3.05) is 12.0 Å². The third-order valence-electron chi connectivity index (χ3n) is 3.37. The average Bonchev–Trinajstić information content (AvgIpc) is 2.95. The number of hydrogen-bond donors (Lipinski definition) is 1. The smallest absolute Gasteiger partial charge is 0.193 e. The number of benzene rings is 2. The zero-order valence-corrected chi connectivity index (χ0v) is 12.6. The number of fused-ring (bicyclic) bond motifs is 1. The Morgan fingerprint density at radius 2 is 1.95 bits per heavy atom. The monoisotopic (exact) mass is 296 g/mol. The molecular weight excluding hydrogens is 280 g/mol. The molecule has 0 aliphatic rings. The first kappa shape index (κ1) is 13.9. The molecule has 0 bridgehead atoms. The Morgan fingerprint density at radius 3 is 2.71 bits per heavy atom. The molecule has 0 atom stereocenters. The van der Waals surface area contributed by atoms with E-state index in [0.29, 0.717) is 11.1 Å². The molecule has 21 heavy (non-hydrogen) atoms. The molecule has 0 amide bonds. The predicted octanol–water partition coefficient (Wildman–Crippen LogP) is 3.70. The molecule has 3 nitrogen and oxygen atoms in total. The van der Waals surface area contributed by atoms with Gasteiger partial charge in [0.25, 0.3) is 0 Å². The van der Waals surface area contributed by atoms with E-state index in [4.69, 9.17) is 0 Å². The molecule has 3 rings (SSSR count). The van der Waals surface area contributed by atoms with Gasteiger partial charge in [-0.15, -0.1) is 0 Å². The molecule has 0 aliphatic heterocycles. The first-order valence-electron chi connectivity index (χ1n) is 6.85. The molecule has 1 N–H and O–H groups in total. The molecule has 0 saturated heterocycles. The zero-order chi connectivity index (χ0) is 14.7. The summed E-state index contributed by atoms with van der Waals surface area (Å²) in [6, 6.07) is 15.0. The molecule has 2 aromatic carbocycles. The van der Waals surface area contributed by atoms with E-state index in [-0.39, 0.29) is 5.78 Å². The molecule has 0 aliphatic carbocycles. The number of hydrogen-bond acceptors (Lipinski definition) is 3. The van der Waals surface area contributed by atoms with Crippen LogP contribution in [0.5, 0.6) is 0 Å². The summed E-state index contributed by atoms with van der Waals surface area (Å²) < 4.78 is 0. The van der Waals surface area contributed by atoms with Gasteiger partial charge in [-0.05, 0) is 24.5 Å². The minimum Gasteiger partial charge on any atom is -0.342 e. The largest absolute Gasteiger partial charge is 0.342 e. The van der Waals surface area contributed by atoms with E-state index in [1.165, 1.54) is 0 Å². The second kappa shape index (κ2) is 6.14. The second-order valence-corrected chi connectivity index (χ2v) is 5.84. The Balaban J connectivity index is 1.92. The van der Waals surface area contributed by atoms with Gasteiger partial charge in [0.2, 0.25) is 0 Å². The van der Waals surface area contributed by atoms with E-state index in [9.17, 15) is 4.79 Å². The summed E-state index contributed by atoms with van der Waals surface area (Å²) in [5.74, 6) is 2.05. The van der Waals surface area contributed by atoms with Crippen LogP contribution >= 0.6 is 11.8 Å². The highest BCUT2D eigenvalue weighted by atomic mass is 32.2. The molecule has 0 unspecified atom stereocenters. The molecule has 0 fully saturated rings. The van der Waals surface area contributed by atoms with Crippen LogP contribution in [0.15, 0.2) is 48.5 Å². The van der Waals surface area contributed by atoms with Crippen molar-refractivity contribution in [1.29, 1.82) is 0 Å². The number of aryl methyl sites for hydroxylation is 1. The van der Waals surface area contributed by atoms with Crippen LogP contribution in [-0.4, -0.2) is 27.8 Å². The molecular formula is C17H16N2OS. The van der Waals surface area contributed by atoms with Gasteiger partial charge in [-0.2, -0.15) is 11.8 Å². The summed E-state index contributed by atoms with van der Waals surface area (Å²) >= 11 is 1.80. The maximum Gasteiger partial charge on any atom is 0.193 e. The number of H-pyrrole nitrogens is 1. The Hall–Kier alpha value is -2.07. The number of nitrogens with zero attached hydrogens (tertiary/aromatic N) is 1. The third-order valence-corrected chi connectivity index (χ3v) is 3.98. The van der Waals surface area contributed by atoms with Gasteiger partial charge in [0.05, 0.1) is 11.0 Å². The molecule has 1 aromatic heterocycles. The molecule has 4 heteroatoms. The van der Waals surface area contributed by atoms with Gasteiger partial charge in [0, 0.05) is 23.3 Å². The maximum absolute atomic E-state index is 12.4. The number of carbonyl (C=O) groups excluding carboxylic acids is 1. The summed E-state index contributed by atoms with van der Waals surface area (Å²) in [4.78, 5) is 20.3. The first-order valence-corrected chi connectivity index (χ1v) is 8.24. The number of nitrogens with one attached hydrogen (secondary N) is 1. The highest BCUT2D eigenvalue weighted by molar-refractivity contribution is 7.98. The molecule has 3 aromatic rings. The quantitative estimate of drug-likeness (QED) is 0.730. The molecule has 0 spiro atoms. The molecule has 0 radical (unpaired) electrons. The second-order valence-electron chi connectivity index (χ2n) is 4.85. The minimum atomic E-state index is 0.0396. The summed E-state index contributed by atoms with van der Waals surface area (Å²) in [5.41, 5.74) is 3.23. The van der Waals surface area contributed by atoms with Crippen molar-refractivity contribution >= 4 is 28.6 Å². The number of aromatic nitrogens is 2. The Bertz CT molecular complexity index is 765. The number of aromatic amines is 1. The summed E-state index contributed by atoms with van der Waals surface area (Å²) in [7, 11) is 0. The number of imidazole rings is 1. The van der Waals surface area contributed by atoms with Crippen molar-refractivity contribution in [3.63, 3.8) is 0 Å². The summed E-state index contributed by atoms with van der Waals surface area (Å²) in [6.45, 7) is 0. The molecule has 0 saturated carbocycles. The highest BCUT2D eigenvalue weighted by Crippen LogP contribution is 2.17. The molecule has 106 valence electrons. The van der Waals surface area contributed by atoms with Gasteiger partial charge in [0.15, 0.2) is 5.78 Å². The lowest BCUT2D eigenvalue weighted by atomic mass is 10.0. The van der Waals surface area contributed by atoms with Crippen LogP contribution in [0, 0.1) is 0 Å². The van der Waals surface area contributed by atoms with E-state index < -0.39 is 0 Å². The predicted molar refractivity (Wildman–Crippen MR) is 88.1 cm³/mol. The van der Waals surface area contributed by atoms with Crippen molar-refractivity contribution in [2.24, 2.45) is 0 Å². The van der Waals surface area contributed by atoms with Gasteiger partial charge in [-0.25, -0.2) is 4.98 Å². The lowest BCUT2D eigenvalue weighted by Gasteiger charge is -2.00. The normalized spacial score (nSPS) is 10.9. The van der Waals surface area contributed by atoms with E-state index in [2.05, 4.69) is 16.2 Å². The lowest BCUT2D eigenvalue weighted by Crippen LogP contribution is -2.00. The van der Waals surface area contributed by atoms with E-state index in [0.717, 1.165) is 29.0 Å². The van der Waals surface area contributed by atoms with Crippen molar-refractivity contribution in [3.05, 3.63) is 65.5 Å². The van der Waals surface area contributed by atoms with Crippen LogP contribution in [0.2, 0.25) is 0 Å². The fourth-order valence-electron chi connectivity index (χ4n) is 2.28. The minimum absolute atomic E-state index is 0.0396. The van der Waals surface area contributed by atoms with Gasteiger partial charge >= 0.3 is 0 Å². The average molecular weight is 296 g/mol. The fraction of sp³-hybridized carbons (Fsp3) is 0.176. The third kappa shape index (κ3) is 3.00. The zero-order valence-electron chi connectivity index (χ0n) is 11.8. The van der Waals surface area contributed by atoms with Crippen LogP contribution in [-0.2, 0) is 6.42 Å². The van der Waals surface area contributed by atoms with Crippen molar-refractivity contribution in [1.82, 2.24) is 9.97 Å².